The van der Waals surface area contributed by atoms with Crippen LogP contribution in [0.1, 0.15) is 12.8 Å². The van der Waals surface area contributed by atoms with Crippen LogP contribution in [0.2, 0.25) is 0 Å². The van der Waals surface area contributed by atoms with Crippen molar-refractivity contribution in [1.29, 1.82) is 0 Å². The zero-order chi connectivity index (χ0) is 7.11. The fraction of sp³-hybridized carbons (Fsp3) is 1.00. The molecule has 0 aliphatic rings. The fourth-order valence-electron chi connectivity index (χ4n) is 0.336. The van der Waals surface area contributed by atoms with E-state index in [4.69, 9.17) is 0 Å². The van der Waals surface area contributed by atoms with Crippen LogP contribution < -0.4 is 0 Å². The number of hydrogen-bond donors (Lipinski definition) is 1. The van der Waals surface area contributed by atoms with Crippen molar-refractivity contribution in [3.63, 3.8) is 0 Å². The first kappa shape index (κ1) is 14.0. The molecule has 0 saturated carbocycles. The van der Waals surface area contributed by atoms with E-state index in [1.54, 1.807) is 0 Å². The van der Waals surface area contributed by atoms with Gasteiger partial charge in [-0.25, -0.2) is 8.42 Å². The van der Waals surface area contributed by atoms with Crippen molar-refractivity contribution in [2.24, 2.45) is 0 Å². The molecule has 0 radical (unpaired) electrons. The van der Waals surface area contributed by atoms with Crippen LogP contribution in [0.25, 0.3) is 0 Å². The molecule has 3 nitrogen and oxygen atoms in total. The van der Waals surface area contributed by atoms with E-state index < -0.39 is 17.7 Å². The van der Waals surface area contributed by atoms with Crippen LogP contribution in [0.15, 0.2) is 0 Å². The zero-order valence-electron chi connectivity index (χ0n) is 4.88. The van der Waals surface area contributed by atoms with Crippen LogP contribution >= 0.6 is 0 Å². The Balaban J connectivity index is 0. The van der Waals surface area contributed by atoms with Crippen molar-refractivity contribution in [3.8, 4) is 0 Å². The number of alkyl halides is 1. The third-order valence-electron chi connectivity index (χ3n) is 0.725. The average Bonchev–Trinajstić information content (AvgIpc) is 1.80. The number of rotatable bonds is 5. The van der Waals surface area contributed by atoms with Gasteiger partial charge in [-0.2, -0.15) is 0 Å². The molecular weight excluding hydrogens is 186 g/mol. The summed E-state index contributed by atoms with van der Waals surface area (Å²) in [6.07, 6.45) is 0.822. The molecule has 0 bridgehead atoms. The second kappa shape index (κ2) is 10.5. The first-order valence-electron chi connectivity index (χ1n) is 2.60. The SMILES string of the molecule is O=[SH](=O)OCCCCF.[KH]. The number of unbranched alkanes of at least 4 members (excludes halogenated alkanes) is 1. The molecule has 0 rings (SSSR count). The summed E-state index contributed by atoms with van der Waals surface area (Å²) in [5.74, 6) is 0. The fourth-order valence-corrected chi connectivity index (χ4v) is 0.614. The minimum absolute atomic E-state index is 0. The molecule has 0 heterocycles. The predicted octanol–water partition coefficient (Wildman–Crippen LogP) is -0.369. The van der Waals surface area contributed by atoms with Crippen molar-refractivity contribution in [2.45, 2.75) is 12.8 Å². The van der Waals surface area contributed by atoms with Gasteiger partial charge in [-0.15, -0.1) is 0 Å². The summed E-state index contributed by atoms with van der Waals surface area (Å²) < 4.78 is 34.8. The molecular formula is C4H10FKO3S. The molecule has 6 heteroatoms. The van der Waals surface area contributed by atoms with Crippen LogP contribution in [-0.4, -0.2) is 73.1 Å². The molecule has 0 spiro atoms. The van der Waals surface area contributed by atoms with Crippen molar-refractivity contribution >= 4 is 62.4 Å². The molecule has 0 aliphatic carbocycles. The molecule has 0 aliphatic heterocycles. The Bertz CT molecular complexity index is 120. The van der Waals surface area contributed by atoms with Crippen molar-refractivity contribution < 1.29 is 17.0 Å². The van der Waals surface area contributed by atoms with Gasteiger partial charge in [0.2, 0.25) is 0 Å². The maximum absolute atomic E-state index is 11.3. The Morgan fingerprint density at radius 3 is 2.30 bits per heavy atom. The number of thiol groups is 1. The quantitative estimate of drug-likeness (QED) is 0.371. The van der Waals surface area contributed by atoms with Gasteiger partial charge in [0.25, 0.3) is 11.0 Å². The van der Waals surface area contributed by atoms with Gasteiger partial charge in [-0.1, -0.05) is 0 Å². The molecule has 0 aromatic heterocycles. The standard InChI is InChI=1S/C4H9FO3S.K.H/c5-3-1-2-4-8-9(6)7;;/h9H,1-4H2;;. The van der Waals surface area contributed by atoms with Crippen molar-refractivity contribution in [3.05, 3.63) is 0 Å². The summed E-state index contributed by atoms with van der Waals surface area (Å²) >= 11 is 0. The Kier molecular flexibility index (Phi) is 14.7. The van der Waals surface area contributed by atoms with E-state index in [1.807, 2.05) is 0 Å². The molecule has 0 atom stereocenters. The Hall–Kier alpha value is 1.48. The van der Waals surface area contributed by atoms with E-state index in [9.17, 15) is 12.8 Å². The molecule has 0 aromatic rings. The number of hydrogen-bond acceptors (Lipinski definition) is 3. The molecule has 0 unspecified atom stereocenters. The van der Waals surface area contributed by atoms with Gasteiger partial charge in [-0.05, 0) is 12.8 Å². The third-order valence-corrected chi connectivity index (χ3v) is 1.12. The van der Waals surface area contributed by atoms with Gasteiger partial charge in [0, 0.05) is 0 Å². The van der Waals surface area contributed by atoms with E-state index in [0.29, 0.717) is 12.8 Å². The van der Waals surface area contributed by atoms with Gasteiger partial charge in [0.15, 0.2) is 0 Å². The summed E-state index contributed by atoms with van der Waals surface area (Å²) in [7, 11) is -2.74. The molecule has 0 saturated heterocycles. The van der Waals surface area contributed by atoms with E-state index in [1.165, 1.54) is 0 Å². The van der Waals surface area contributed by atoms with Gasteiger partial charge >= 0.3 is 51.4 Å². The summed E-state index contributed by atoms with van der Waals surface area (Å²) in [6, 6.07) is 0. The average molecular weight is 196 g/mol. The van der Waals surface area contributed by atoms with E-state index in [2.05, 4.69) is 4.18 Å². The topological polar surface area (TPSA) is 43.4 Å². The Labute approximate surface area is 104 Å². The van der Waals surface area contributed by atoms with Crippen molar-refractivity contribution in [1.82, 2.24) is 0 Å². The molecule has 0 N–H and O–H groups in total. The van der Waals surface area contributed by atoms with Gasteiger partial charge < -0.3 is 0 Å². The molecule has 0 aromatic carbocycles. The Morgan fingerprint density at radius 2 is 1.90 bits per heavy atom. The van der Waals surface area contributed by atoms with Crippen LogP contribution in [0, 0.1) is 0 Å². The summed E-state index contributed by atoms with van der Waals surface area (Å²) in [5, 5.41) is 0. The van der Waals surface area contributed by atoms with E-state index in [0.717, 1.165) is 0 Å². The maximum atomic E-state index is 11.3. The normalized spacial score (nSPS) is 9.40. The van der Waals surface area contributed by atoms with Crippen LogP contribution in [0.4, 0.5) is 4.39 Å². The summed E-state index contributed by atoms with van der Waals surface area (Å²) in [4.78, 5) is 0. The summed E-state index contributed by atoms with van der Waals surface area (Å²) in [6.45, 7) is -0.318. The van der Waals surface area contributed by atoms with Crippen molar-refractivity contribution in [2.75, 3.05) is 13.3 Å². The van der Waals surface area contributed by atoms with Crippen LogP contribution in [0.3, 0.4) is 0 Å². The second-order valence-electron chi connectivity index (χ2n) is 1.45. The molecule has 0 fully saturated rings. The van der Waals surface area contributed by atoms with E-state index >= 15 is 0 Å². The minimum atomic E-state index is -2.74. The zero-order valence-corrected chi connectivity index (χ0v) is 5.77. The molecule has 0 amide bonds. The number of halogens is 1. The summed E-state index contributed by atoms with van der Waals surface area (Å²) in [5.41, 5.74) is 0. The van der Waals surface area contributed by atoms with E-state index in [-0.39, 0.29) is 58.0 Å². The third kappa shape index (κ3) is 12.2. The monoisotopic (exact) mass is 196 g/mol. The Morgan fingerprint density at radius 1 is 1.30 bits per heavy atom. The van der Waals surface area contributed by atoms with Gasteiger partial charge in [0.1, 0.15) is 0 Å². The van der Waals surface area contributed by atoms with Gasteiger partial charge in [-0.3, -0.25) is 8.57 Å². The molecule has 10 heavy (non-hydrogen) atoms. The van der Waals surface area contributed by atoms with Crippen LogP contribution in [-0.2, 0) is 15.2 Å². The predicted molar refractivity (Wildman–Crippen MR) is 38.6 cm³/mol. The second-order valence-corrected chi connectivity index (χ2v) is 2.16. The van der Waals surface area contributed by atoms with Crippen LogP contribution in [0.5, 0.6) is 0 Å². The first-order valence-corrected chi connectivity index (χ1v) is 3.70. The first-order chi connectivity index (χ1) is 4.27. The van der Waals surface area contributed by atoms with Gasteiger partial charge in [0.05, 0.1) is 13.3 Å². The molecule has 58 valence electrons.